The van der Waals surface area contributed by atoms with Gasteiger partial charge in [-0.3, -0.25) is 9.59 Å². The van der Waals surface area contributed by atoms with Crippen molar-refractivity contribution in [1.82, 2.24) is 0 Å². The predicted octanol–water partition coefficient (Wildman–Crippen LogP) is 1.58. The van der Waals surface area contributed by atoms with E-state index in [1.54, 1.807) is 6.92 Å². The lowest BCUT2D eigenvalue weighted by Crippen LogP contribution is -2.20. The first-order valence-corrected chi connectivity index (χ1v) is 3.80. The van der Waals surface area contributed by atoms with E-state index in [1.165, 1.54) is 0 Å². The number of rotatable bonds is 4. The standard InChI is InChI=1S/C8H10F2O2/c1-8(2-3-8)6(12)4-5(11)7(9)10/h7H,2-4H2,1H3. The minimum Gasteiger partial charge on any atom is -0.299 e. The smallest absolute Gasteiger partial charge is 0.296 e. The monoisotopic (exact) mass is 176 g/mol. The molecule has 2 nitrogen and oxygen atoms in total. The highest BCUT2D eigenvalue weighted by Crippen LogP contribution is 2.46. The van der Waals surface area contributed by atoms with Crippen molar-refractivity contribution in [3.63, 3.8) is 0 Å². The largest absolute Gasteiger partial charge is 0.299 e. The SMILES string of the molecule is CC1(C(=O)CC(=O)C(F)F)CC1. The molecule has 1 aliphatic carbocycles. The molecule has 1 aliphatic rings. The van der Waals surface area contributed by atoms with E-state index in [4.69, 9.17) is 0 Å². The molecule has 0 aliphatic heterocycles. The Bertz CT molecular complexity index is 219. The first-order chi connectivity index (χ1) is 5.46. The van der Waals surface area contributed by atoms with E-state index in [0.29, 0.717) is 0 Å². The minimum atomic E-state index is -3.00. The molecule has 0 unspecified atom stereocenters. The van der Waals surface area contributed by atoms with Gasteiger partial charge < -0.3 is 0 Å². The molecule has 0 bridgehead atoms. The Morgan fingerprint density at radius 3 is 2.25 bits per heavy atom. The number of carbonyl (C=O) groups excluding carboxylic acids is 2. The van der Waals surface area contributed by atoms with E-state index < -0.39 is 24.0 Å². The lowest BCUT2D eigenvalue weighted by atomic mass is 9.99. The van der Waals surface area contributed by atoms with Gasteiger partial charge in [0.2, 0.25) is 5.78 Å². The highest BCUT2D eigenvalue weighted by molar-refractivity contribution is 6.03. The van der Waals surface area contributed by atoms with E-state index in [0.717, 1.165) is 12.8 Å². The molecule has 1 fully saturated rings. The second kappa shape index (κ2) is 2.92. The molecule has 0 heterocycles. The van der Waals surface area contributed by atoms with E-state index in [-0.39, 0.29) is 5.78 Å². The minimum absolute atomic E-state index is 0.340. The van der Waals surface area contributed by atoms with Gasteiger partial charge in [-0.2, -0.15) is 0 Å². The Balaban J connectivity index is 2.41. The predicted molar refractivity (Wildman–Crippen MR) is 38.0 cm³/mol. The maximum absolute atomic E-state index is 11.7. The van der Waals surface area contributed by atoms with Crippen molar-refractivity contribution in [3.05, 3.63) is 0 Å². The molecular weight excluding hydrogens is 166 g/mol. The number of hydrogen-bond donors (Lipinski definition) is 0. The Labute approximate surface area is 68.9 Å². The van der Waals surface area contributed by atoms with Gasteiger partial charge in [0.1, 0.15) is 5.78 Å². The van der Waals surface area contributed by atoms with Gasteiger partial charge in [0.15, 0.2) is 0 Å². The quantitative estimate of drug-likeness (QED) is 0.609. The normalized spacial score (nSPS) is 19.3. The number of carbonyl (C=O) groups is 2. The molecule has 0 saturated heterocycles. The molecule has 68 valence electrons. The average Bonchev–Trinajstić information content (AvgIpc) is 2.69. The van der Waals surface area contributed by atoms with Crippen molar-refractivity contribution in [3.8, 4) is 0 Å². The van der Waals surface area contributed by atoms with Crippen molar-refractivity contribution in [2.45, 2.75) is 32.6 Å². The number of halogens is 2. The van der Waals surface area contributed by atoms with E-state index >= 15 is 0 Å². The summed E-state index contributed by atoms with van der Waals surface area (Å²) in [4.78, 5) is 21.5. The van der Waals surface area contributed by atoms with Crippen LogP contribution < -0.4 is 0 Å². The van der Waals surface area contributed by atoms with Crippen LogP contribution in [0.4, 0.5) is 8.78 Å². The summed E-state index contributed by atoms with van der Waals surface area (Å²) in [5.74, 6) is -1.60. The maximum Gasteiger partial charge on any atom is 0.296 e. The molecule has 1 rings (SSSR count). The third-order valence-corrected chi connectivity index (χ3v) is 2.25. The lowest BCUT2D eigenvalue weighted by molar-refractivity contribution is -0.135. The van der Waals surface area contributed by atoms with Crippen LogP contribution in [0.1, 0.15) is 26.2 Å². The molecule has 4 heteroatoms. The number of ketones is 2. The Morgan fingerprint density at radius 2 is 1.92 bits per heavy atom. The van der Waals surface area contributed by atoms with Crippen LogP contribution in [0.3, 0.4) is 0 Å². The van der Waals surface area contributed by atoms with E-state index in [2.05, 4.69) is 0 Å². The first kappa shape index (κ1) is 9.29. The Kier molecular flexibility index (Phi) is 2.26. The van der Waals surface area contributed by atoms with Gasteiger partial charge in [0.05, 0.1) is 6.42 Å². The van der Waals surface area contributed by atoms with Crippen LogP contribution in [-0.4, -0.2) is 18.0 Å². The van der Waals surface area contributed by atoms with Crippen LogP contribution in [0.2, 0.25) is 0 Å². The van der Waals surface area contributed by atoms with Gasteiger partial charge in [-0.05, 0) is 12.8 Å². The maximum atomic E-state index is 11.7. The molecule has 0 aromatic rings. The molecule has 0 amide bonds. The molecule has 0 radical (unpaired) electrons. The molecule has 1 saturated carbocycles. The average molecular weight is 176 g/mol. The second-order valence-electron chi connectivity index (χ2n) is 3.43. The second-order valence-corrected chi connectivity index (χ2v) is 3.43. The zero-order valence-electron chi connectivity index (χ0n) is 6.77. The number of alkyl halides is 2. The van der Waals surface area contributed by atoms with Crippen molar-refractivity contribution in [2.75, 3.05) is 0 Å². The zero-order chi connectivity index (χ0) is 9.35. The summed E-state index contributed by atoms with van der Waals surface area (Å²) in [7, 11) is 0. The topological polar surface area (TPSA) is 34.1 Å². The number of Topliss-reactive ketones (excluding diaryl/α,β-unsaturated/α-hetero) is 2. The molecule has 0 N–H and O–H groups in total. The summed E-state index contributed by atoms with van der Waals surface area (Å²) in [5.41, 5.74) is -0.468. The Hall–Kier alpha value is -0.800. The summed E-state index contributed by atoms with van der Waals surface area (Å²) in [6.45, 7) is 1.70. The highest BCUT2D eigenvalue weighted by Gasteiger charge is 2.45. The fourth-order valence-corrected chi connectivity index (χ4v) is 0.915. The molecule has 0 atom stereocenters. The molecule has 12 heavy (non-hydrogen) atoms. The molecule has 0 spiro atoms. The number of hydrogen-bond acceptors (Lipinski definition) is 2. The van der Waals surface area contributed by atoms with Gasteiger partial charge >= 0.3 is 0 Å². The van der Waals surface area contributed by atoms with Gasteiger partial charge in [-0.1, -0.05) is 6.92 Å². The fraction of sp³-hybridized carbons (Fsp3) is 0.750. The van der Waals surface area contributed by atoms with Gasteiger partial charge in [0, 0.05) is 5.41 Å². The van der Waals surface area contributed by atoms with Crippen LogP contribution >= 0.6 is 0 Å². The third-order valence-electron chi connectivity index (χ3n) is 2.25. The van der Waals surface area contributed by atoms with Crippen molar-refractivity contribution in [2.24, 2.45) is 5.41 Å². The van der Waals surface area contributed by atoms with Crippen LogP contribution in [0, 0.1) is 5.41 Å². The van der Waals surface area contributed by atoms with Crippen LogP contribution in [0.15, 0.2) is 0 Å². The molecular formula is C8H10F2O2. The van der Waals surface area contributed by atoms with Gasteiger partial charge in [-0.15, -0.1) is 0 Å². The fourth-order valence-electron chi connectivity index (χ4n) is 0.915. The van der Waals surface area contributed by atoms with Crippen LogP contribution in [0.25, 0.3) is 0 Å². The molecule has 0 aromatic heterocycles. The van der Waals surface area contributed by atoms with Crippen LogP contribution in [-0.2, 0) is 9.59 Å². The van der Waals surface area contributed by atoms with E-state index in [1.807, 2.05) is 0 Å². The lowest BCUT2D eigenvalue weighted by Gasteiger charge is -2.04. The van der Waals surface area contributed by atoms with Gasteiger partial charge in [-0.25, -0.2) is 8.78 Å². The van der Waals surface area contributed by atoms with Crippen LogP contribution in [0.5, 0.6) is 0 Å². The Morgan fingerprint density at radius 1 is 1.42 bits per heavy atom. The summed E-state index contributed by atoms with van der Waals surface area (Å²) in [6.07, 6.45) is -2.16. The van der Waals surface area contributed by atoms with Crippen molar-refractivity contribution < 1.29 is 18.4 Å². The first-order valence-electron chi connectivity index (χ1n) is 3.80. The summed E-state index contributed by atoms with van der Waals surface area (Å²) in [6, 6.07) is 0. The summed E-state index contributed by atoms with van der Waals surface area (Å²) in [5, 5.41) is 0. The molecule has 0 aromatic carbocycles. The summed E-state index contributed by atoms with van der Waals surface area (Å²) < 4.78 is 23.4. The summed E-state index contributed by atoms with van der Waals surface area (Å²) >= 11 is 0. The van der Waals surface area contributed by atoms with Crippen molar-refractivity contribution in [1.29, 1.82) is 0 Å². The van der Waals surface area contributed by atoms with Crippen molar-refractivity contribution >= 4 is 11.6 Å². The third kappa shape index (κ3) is 1.87. The zero-order valence-corrected chi connectivity index (χ0v) is 6.77. The van der Waals surface area contributed by atoms with E-state index in [9.17, 15) is 18.4 Å². The van der Waals surface area contributed by atoms with Gasteiger partial charge in [0.25, 0.3) is 6.43 Å². The highest BCUT2D eigenvalue weighted by atomic mass is 19.3.